The fourth-order valence-electron chi connectivity index (χ4n) is 3.25. The van der Waals surface area contributed by atoms with Crippen LogP contribution < -0.4 is 10.2 Å². The molecule has 1 unspecified atom stereocenters. The number of aliphatic carboxylic acids is 1. The van der Waals surface area contributed by atoms with Crippen molar-refractivity contribution in [2.45, 2.75) is 38.6 Å². The van der Waals surface area contributed by atoms with Crippen molar-refractivity contribution in [2.75, 3.05) is 18.5 Å². The summed E-state index contributed by atoms with van der Waals surface area (Å²) in [4.78, 5) is 48.7. The molecule has 0 radical (unpaired) electrons. The standard InChI is InChI=1S/C24H28N2O5/c1-17(27)25-22(23(29)12-13-24(30)31)15-19-8-10-20(11-9-19)26(2)16-21(28)14-18-6-4-3-5-7-18/h3-11,22H,12-16H2,1-2H3,(H,25,27)(H,30,31). The van der Waals surface area contributed by atoms with Crippen molar-refractivity contribution in [3.8, 4) is 0 Å². The van der Waals surface area contributed by atoms with Crippen molar-refractivity contribution in [3.05, 3.63) is 65.7 Å². The molecule has 0 aliphatic rings. The Labute approximate surface area is 182 Å². The third-order valence-electron chi connectivity index (χ3n) is 4.83. The molecule has 0 bridgehead atoms. The summed E-state index contributed by atoms with van der Waals surface area (Å²) < 4.78 is 0. The van der Waals surface area contributed by atoms with Crippen LogP contribution >= 0.6 is 0 Å². The lowest BCUT2D eigenvalue weighted by molar-refractivity contribution is -0.138. The largest absolute Gasteiger partial charge is 0.481 e. The normalized spacial score (nSPS) is 11.4. The highest BCUT2D eigenvalue weighted by Gasteiger charge is 2.20. The van der Waals surface area contributed by atoms with E-state index < -0.39 is 12.0 Å². The summed E-state index contributed by atoms with van der Waals surface area (Å²) >= 11 is 0. The van der Waals surface area contributed by atoms with Crippen molar-refractivity contribution in [2.24, 2.45) is 0 Å². The first-order chi connectivity index (χ1) is 14.7. The van der Waals surface area contributed by atoms with Gasteiger partial charge in [-0.1, -0.05) is 42.5 Å². The van der Waals surface area contributed by atoms with E-state index in [1.807, 2.05) is 66.5 Å². The van der Waals surface area contributed by atoms with Crippen LogP contribution in [0.25, 0.3) is 0 Å². The monoisotopic (exact) mass is 424 g/mol. The zero-order valence-electron chi connectivity index (χ0n) is 17.8. The Morgan fingerprint density at radius 2 is 1.58 bits per heavy atom. The number of Topliss-reactive ketones (excluding diaryl/α,β-unsaturated/α-hetero) is 2. The number of amides is 1. The van der Waals surface area contributed by atoms with Crippen molar-refractivity contribution in [1.82, 2.24) is 5.32 Å². The maximum atomic E-state index is 12.3. The molecule has 7 heteroatoms. The number of ketones is 2. The third-order valence-corrected chi connectivity index (χ3v) is 4.83. The molecule has 1 amide bonds. The molecule has 2 rings (SSSR count). The zero-order valence-corrected chi connectivity index (χ0v) is 17.8. The van der Waals surface area contributed by atoms with E-state index in [1.54, 1.807) is 0 Å². The van der Waals surface area contributed by atoms with Gasteiger partial charge in [0, 0.05) is 32.5 Å². The summed E-state index contributed by atoms with van der Waals surface area (Å²) in [6.45, 7) is 1.60. The number of nitrogens with zero attached hydrogens (tertiary/aromatic N) is 1. The highest BCUT2D eigenvalue weighted by molar-refractivity contribution is 5.90. The number of benzene rings is 2. The number of anilines is 1. The second-order valence-corrected chi connectivity index (χ2v) is 7.54. The minimum absolute atomic E-state index is 0.104. The molecule has 164 valence electrons. The second kappa shape index (κ2) is 11.6. The van der Waals surface area contributed by atoms with Crippen LogP contribution in [-0.4, -0.2) is 48.2 Å². The average Bonchev–Trinajstić information content (AvgIpc) is 2.72. The van der Waals surface area contributed by atoms with Crippen molar-refractivity contribution in [3.63, 3.8) is 0 Å². The minimum Gasteiger partial charge on any atom is -0.481 e. The summed E-state index contributed by atoms with van der Waals surface area (Å²) in [5.74, 6) is -1.61. The smallest absolute Gasteiger partial charge is 0.303 e. The number of carbonyl (C=O) groups is 4. The Kier molecular flexibility index (Phi) is 8.94. The van der Waals surface area contributed by atoms with E-state index in [2.05, 4.69) is 5.32 Å². The lowest BCUT2D eigenvalue weighted by Gasteiger charge is -2.20. The molecule has 0 aliphatic carbocycles. The molecule has 2 N–H and O–H groups in total. The van der Waals surface area contributed by atoms with Crippen LogP contribution in [-0.2, 0) is 32.0 Å². The number of hydrogen-bond donors (Lipinski definition) is 2. The fourth-order valence-corrected chi connectivity index (χ4v) is 3.25. The molecule has 0 saturated heterocycles. The molecule has 31 heavy (non-hydrogen) atoms. The van der Waals surface area contributed by atoms with E-state index in [1.165, 1.54) is 6.92 Å². The Bertz CT molecular complexity index is 909. The Morgan fingerprint density at radius 3 is 2.16 bits per heavy atom. The van der Waals surface area contributed by atoms with E-state index in [9.17, 15) is 19.2 Å². The van der Waals surface area contributed by atoms with Gasteiger partial charge >= 0.3 is 5.97 Å². The Morgan fingerprint density at radius 1 is 0.935 bits per heavy atom. The molecule has 2 aromatic carbocycles. The first-order valence-corrected chi connectivity index (χ1v) is 10.1. The highest BCUT2D eigenvalue weighted by atomic mass is 16.4. The molecular weight excluding hydrogens is 396 g/mol. The molecule has 0 saturated carbocycles. The molecule has 0 heterocycles. The van der Waals surface area contributed by atoms with E-state index in [4.69, 9.17) is 5.11 Å². The van der Waals surface area contributed by atoms with Crippen LogP contribution in [0.1, 0.15) is 30.9 Å². The van der Waals surface area contributed by atoms with E-state index in [0.29, 0.717) is 6.42 Å². The van der Waals surface area contributed by atoms with Crippen molar-refractivity contribution in [1.29, 1.82) is 0 Å². The average molecular weight is 424 g/mol. The van der Waals surface area contributed by atoms with Crippen molar-refractivity contribution >= 4 is 29.1 Å². The van der Waals surface area contributed by atoms with Gasteiger partial charge < -0.3 is 15.3 Å². The van der Waals surface area contributed by atoms with E-state index >= 15 is 0 Å². The number of rotatable bonds is 12. The van der Waals surface area contributed by atoms with Gasteiger partial charge in [0.05, 0.1) is 19.0 Å². The van der Waals surface area contributed by atoms with Crippen LogP contribution in [0.4, 0.5) is 5.69 Å². The lowest BCUT2D eigenvalue weighted by Crippen LogP contribution is -2.41. The molecule has 0 aliphatic heterocycles. The van der Waals surface area contributed by atoms with Gasteiger partial charge in [-0.3, -0.25) is 19.2 Å². The molecule has 7 nitrogen and oxygen atoms in total. The zero-order chi connectivity index (χ0) is 22.8. The number of nitrogens with one attached hydrogen (secondary N) is 1. The molecule has 2 aromatic rings. The second-order valence-electron chi connectivity index (χ2n) is 7.54. The van der Waals surface area contributed by atoms with E-state index in [0.717, 1.165) is 16.8 Å². The Balaban J connectivity index is 1.96. The number of likely N-dealkylation sites (N-methyl/N-ethyl adjacent to an activating group) is 1. The van der Waals surface area contributed by atoms with Gasteiger partial charge in [-0.15, -0.1) is 0 Å². The maximum Gasteiger partial charge on any atom is 0.303 e. The highest BCUT2D eigenvalue weighted by Crippen LogP contribution is 2.16. The summed E-state index contributed by atoms with van der Waals surface area (Å²) in [7, 11) is 1.84. The molecule has 1 atom stereocenters. The van der Waals surface area contributed by atoms with Gasteiger partial charge in [0.25, 0.3) is 0 Å². The number of hydrogen-bond acceptors (Lipinski definition) is 5. The summed E-state index contributed by atoms with van der Waals surface area (Å²) in [6, 6.07) is 16.2. The van der Waals surface area contributed by atoms with Crippen LogP contribution in [0.15, 0.2) is 54.6 Å². The van der Waals surface area contributed by atoms with Gasteiger partial charge in [-0.25, -0.2) is 0 Å². The summed E-state index contributed by atoms with van der Waals surface area (Å²) in [5, 5.41) is 11.4. The van der Waals surface area contributed by atoms with Gasteiger partial charge in [0.15, 0.2) is 11.6 Å². The van der Waals surface area contributed by atoms with Gasteiger partial charge in [-0.05, 0) is 29.7 Å². The van der Waals surface area contributed by atoms with Crippen LogP contribution in [0.5, 0.6) is 0 Å². The quantitative estimate of drug-likeness (QED) is 0.542. The Hall–Kier alpha value is -3.48. The van der Waals surface area contributed by atoms with Gasteiger partial charge in [-0.2, -0.15) is 0 Å². The molecule has 0 aromatic heterocycles. The minimum atomic E-state index is -1.05. The summed E-state index contributed by atoms with van der Waals surface area (Å²) in [5.41, 5.74) is 2.67. The van der Waals surface area contributed by atoms with E-state index in [-0.39, 0.29) is 43.3 Å². The van der Waals surface area contributed by atoms with Crippen LogP contribution in [0.2, 0.25) is 0 Å². The SMILES string of the molecule is CC(=O)NC(Cc1ccc(N(C)CC(=O)Cc2ccccc2)cc1)C(=O)CCC(=O)O. The predicted octanol–water partition coefficient (Wildman–Crippen LogP) is 2.42. The number of carbonyl (C=O) groups excluding carboxylic acids is 3. The fraction of sp³-hybridized carbons (Fsp3) is 0.333. The maximum absolute atomic E-state index is 12.3. The molecular formula is C24H28N2O5. The van der Waals surface area contributed by atoms with Crippen molar-refractivity contribution < 1.29 is 24.3 Å². The number of carboxylic acids is 1. The molecule has 0 fully saturated rings. The van der Waals surface area contributed by atoms with Crippen LogP contribution in [0.3, 0.4) is 0 Å². The lowest BCUT2D eigenvalue weighted by atomic mass is 9.99. The topological polar surface area (TPSA) is 104 Å². The third kappa shape index (κ3) is 8.42. The first kappa shape index (κ1) is 23.8. The predicted molar refractivity (Wildman–Crippen MR) is 118 cm³/mol. The molecule has 0 spiro atoms. The number of carboxylic acid groups (broad SMARTS) is 1. The summed E-state index contributed by atoms with van der Waals surface area (Å²) in [6.07, 6.45) is 0.245. The van der Waals surface area contributed by atoms with Gasteiger partial charge in [0.1, 0.15) is 0 Å². The first-order valence-electron chi connectivity index (χ1n) is 10.1. The van der Waals surface area contributed by atoms with Gasteiger partial charge in [0.2, 0.25) is 5.91 Å². The van der Waals surface area contributed by atoms with Crippen LogP contribution in [0, 0.1) is 0 Å².